The first-order chi connectivity index (χ1) is 6.91. The standard InChI is InChI=1S/C10H24N3S/c1-2-9-14-10-3-5-12-7-8-13-6-4-11/h12-13H,1-11H2. The molecule has 0 aromatic carbocycles. The largest absolute Gasteiger partial charge is 0.329 e. The summed E-state index contributed by atoms with van der Waals surface area (Å²) in [6.07, 6.45) is 2.29. The summed E-state index contributed by atoms with van der Waals surface area (Å²) in [6.45, 7) is 8.63. The Labute approximate surface area is 92.6 Å². The minimum atomic E-state index is 0.724. The molecule has 3 nitrogen and oxygen atoms in total. The minimum Gasteiger partial charge on any atom is -0.329 e. The zero-order chi connectivity index (χ0) is 10.5. The molecule has 0 bridgehead atoms. The van der Waals surface area contributed by atoms with Crippen molar-refractivity contribution in [1.82, 2.24) is 10.6 Å². The topological polar surface area (TPSA) is 50.1 Å². The molecule has 85 valence electrons. The van der Waals surface area contributed by atoms with E-state index >= 15 is 0 Å². The highest BCUT2D eigenvalue weighted by Gasteiger charge is 1.89. The zero-order valence-corrected chi connectivity index (χ0v) is 9.87. The Morgan fingerprint density at radius 3 is 2.36 bits per heavy atom. The lowest BCUT2D eigenvalue weighted by atomic mass is 10.4. The number of hydrogen-bond donors (Lipinski definition) is 3. The van der Waals surface area contributed by atoms with Gasteiger partial charge < -0.3 is 16.4 Å². The molecule has 0 aliphatic rings. The first-order valence-corrected chi connectivity index (χ1v) is 6.55. The Morgan fingerprint density at radius 1 is 1.00 bits per heavy atom. The molecule has 4 heteroatoms. The van der Waals surface area contributed by atoms with E-state index in [4.69, 9.17) is 5.73 Å². The third-order valence-electron chi connectivity index (χ3n) is 1.73. The Hall–Kier alpha value is 0.230. The first kappa shape index (κ1) is 14.2. The van der Waals surface area contributed by atoms with E-state index in [0.29, 0.717) is 0 Å². The summed E-state index contributed by atoms with van der Waals surface area (Å²) in [5.41, 5.74) is 5.35. The maximum Gasteiger partial charge on any atom is 0.00772 e. The van der Waals surface area contributed by atoms with E-state index in [2.05, 4.69) is 17.6 Å². The van der Waals surface area contributed by atoms with E-state index in [9.17, 15) is 0 Å². The second-order valence-corrected chi connectivity index (χ2v) is 4.33. The van der Waals surface area contributed by atoms with Gasteiger partial charge in [0, 0.05) is 26.2 Å². The van der Waals surface area contributed by atoms with Gasteiger partial charge in [0.25, 0.3) is 0 Å². The van der Waals surface area contributed by atoms with Crippen molar-refractivity contribution in [3.8, 4) is 0 Å². The normalized spacial score (nSPS) is 10.7. The molecule has 0 saturated heterocycles. The van der Waals surface area contributed by atoms with Crippen LogP contribution in [0.3, 0.4) is 0 Å². The van der Waals surface area contributed by atoms with Crippen LogP contribution in [-0.4, -0.2) is 44.2 Å². The molecule has 4 N–H and O–H groups in total. The van der Waals surface area contributed by atoms with E-state index in [-0.39, 0.29) is 0 Å². The van der Waals surface area contributed by atoms with Crippen molar-refractivity contribution in [2.24, 2.45) is 5.73 Å². The molecule has 0 unspecified atom stereocenters. The van der Waals surface area contributed by atoms with Gasteiger partial charge in [-0.2, -0.15) is 11.8 Å². The van der Waals surface area contributed by atoms with Gasteiger partial charge in [0.2, 0.25) is 0 Å². The fourth-order valence-electron chi connectivity index (χ4n) is 1.03. The van der Waals surface area contributed by atoms with Crippen LogP contribution in [0.25, 0.3) is 0 Å². The van der Waals surface area contributed by atoms with Crippen molar-refractivity contribution in [2.45, 2.75) is 12.8 Å². The highest BCUT2D eigenvalue weighted by atomic mass is 32.2. The molecule has 0 saturated carbocycles. The van der Waals surface area contributed by atoms with Crippen LogP contribution in [0.1, 0.15) is 12.8 Å². The Bertz CT molecular complexity index is 89.4. The summed E-state index contributed by atoms with van der Waals surface area (Å²) < 4.78 is 0. The zero-order valence-electron chi connectivity index (χ0n) is 9.06. The molecule has 0 aromatic rings. The summed E-state index contributed by atoms with van der Waals surface area (Å²) in [5.74, 6) is 2.44. The van der Waals surface area contributed by atoms with Gasteiger partial charge in [0.15, 0.2) is 0 Å². The summed E-state index contributed by atoms with van der Waals surface area (Å²) >= 11 is 1.99. The van der Waals surface area contributed by atoms with Gasteiger partial charge in [-0.1, -0.05) is 6.92 Å². The number of thioether (sulfide) groups is 1. The number of rotatable bonds is 11. The summed E-state index contributed by atoms with van der Waals surface area (Å²) in [6, 6.07) is 0. The maximum absolute atomic E-state index is 5.35. The van der Waals surface area contributed by atoms with Crippen LogP contribution >= 0.6 is 11.8 Å². The van der Waals surface area contributed by atoms with Crippen LogP contribution in [0.15, 0.2) is 0 Å². The second-order valence-electron chi connectivity index (χ2n) is 3.11. The van der Waals surface area contributed by atoms with Crippen LogP contribution in [0.2, 0.25) is 0 Å². The van der Waals surface area contributed by atoms with E-state index in [1.165, 1.54) is 17.9 Å². The van der Waals surface area contributed by atoms with E-state index < -0.39 is 0 Å². The second kappa shape index (κ2) is 13.2. The molecule has 0 heterocycles. The lowest BCUT2D eigenvalue weighted by Gasteiger charge is -2.05. The van der Waals surface area contributed by atoms with Crippen molar-refractivity contribution in [3.05, 3.63) is 6.92 Å². The third kappa shape index (κ3) is 12.2. The molecule has 0 aliphatic heterocycles. The van der Waals surface area contributed by atoms with Gasteiger partial charge in [-0.15, -0.1) is 0 Å². The van der Waals surface area contributed by atoms with E-state index in [1.807, 2.05) is 11.8 Å². The quantitative estimate of drug-likeness (QED) is 0.441. The average molecular weight is 218 g/mol. The molecule has 0 aliphatic carbocycles. The van der Waals surface area contributed by atoms with Crippen molar-refractivity contribution in [1.29, 1.82) is 0 Å². The van der Waals surface area contributed by atoms with Gasteiger partial charge in [-0.3, -0.25) is 0 Å². The van der Waals surface area contributed by atoms with Gasteiger partial charge in [0.05, 0.1) is 0 Å². The van der Waals surface area contributed by atoms with Crippen LogP contribution in [0, 0.1) is 6.92 Å². The van der Waals surface area contributed by atoms with Crippen LogP contribution in [-0.2, 0) is 0 Å². The van der Waals surface area contributed by atoms with Crippen molar-refractivity contribution in [3.63, 3.8) is 0 Å². The molecule has 0 fully saturated rings. The highest BCUT2D eigenvalue weighted by Crippen LogP contribution is 2.02. The van der Waals surface area contributed by atoms with Crippen molar-refractivity contribution in [2.75, 3.05) is 44.2 Å². The Morgan fingerprint density at radius 2 is 1.71 bits per heavy atom. The highest BCUT2D eigenvalue weighted by molar-refractivity contribution is 7.99. The molecule has 0 aromatic heterocycles. The van der Waals surface area contributed by atoms with Crippen LogP contribution < -0.4 is 16.4 Å². The first-order valence-electron chi connectivity index (χ1n) is 5.40. The van der Waals surface area contributed by atoms with Crippen molar-refractivity contribution >= 4 is 11.8 Å². The molecular formula is C10H24N3S. The molecule has 14 heavy (non-hydrogen) atoms. The molecule has 1 radical (unpaired) electrons. The molecule has 0 amide bonds. The minimum absolute atomic E-state index is 0.724. The molecular weight excluding hydrogens is 194 g/mol. The predicted molar refractivity (Wildman–Crippen MR) is 66.7 cm³/mol. The summed E-state index contributed by atoms with van der Waals surface area (Å²) in [7, 11) is 0. The molecule has 0 rings (SSSR count). The number of hydrogen-bond acceptors (Lipinski definition) is 4. The number of nitrogens with one attached hydrogen (secondary N) is 2. The van der Waals surface area contributed by atoms with Crippen LogP contribution in [0.4, 0.5) is 0 Å². The van der Waals surface area contributed by atoms with Gasteiger partial charge in [-0.25, -0.2) is 0 Å². The van der Waals surface area contributed by atoms with Crippen molar-refractivity contribution < 1.29 is 0 Å². The van der Waals surface area contributed by atoms with Crippen LogP contribution in [0.5, 0.6) is 0 Å². The summed E-state index contributed by atoms with van der Waals surface area (Å²) in [4.78, 5) is 0. The van der Waals surface area contributed by atoms with E-state index in [1.54, 1.807) is 0 Å². The van der Waals surface area contributed by atoms with Gasteiger partial charge >= 0.3 is 0 Å². The lowest BCUT2D eigenvalue weighted by Crippen LogP contribution is -2.31. The SMILES string of the molecule is [CH2]CCSCCCNCCNCCN. The monoisotopic (exact) mass is 218 g/mol. The average Bonchev–Trinajstić information content (AvgIpc) is 2.21. The predicted octanol–water partition coefficient (Wildman–Crippen LogP) is 0.472. The Balaban J connectivity index is 2.78. The van der Waals surface area contributed by atoms with Gasteiger partial charge in [-0.05, 0) is 30.9 Å². The smallest absolute Gasteiger partial charge is 0.00772 e. The fourth-order valence-corrected chi connectivity index (χ4v) is 1.79. The number of nitrogens with two attached hydrogens (primary N) is 1. The molecule has 0 atom stereocenters. The summed E-state index contributed by atoms with van der Waals surface area (Å²) in [5, 5.41) is 6.63. The van der Waals surface area contributed by atoms with Gasteiger partial charge in [0.1, 0.15) is 0 Å². The lowest BCUT2D eigenvalue weighted by molar-refractivity contribution is 0.611. The maximum atomic E-state index is 5.35. The fraction of sp³-hybridized carbons (Fsp3) is 0.900. The Kier molecular flexibility index (Phi) is 13.4. The molecule has 0 spiro atoms. The third-order valence-corrected chi connectivity index (χ3v) is 2.89. The van der Waals surface area contributed by atoms with E-state index in [0.717, 1.165) is 39.1 Å².